The first-order valence-corrected chi connectivity index (χ1v) is 8.58. The fourth-order valence-electron chi connectivity index (χ4n) is 4.23. The van der Waals surface area contributed by atoms with E-state index in [2.05, 4.69) is 49.1 Å². The van der Waals surface area contributed by atoms with E-state index in [4.69, 9.17) is 0 Å². The van der Waals surface area contributed by atoms with Gasteiger partial charge in [-0.2, -0.15) is 0 Å². The van der Waals surface area contributed by atoms with Gasteiger partial charge in [-0.25, -0.2) is 0 Å². The van der Waals surface area contributed by atoms with Crippen molar-refractivity contribution in [2.45, 2.75) is 76.6 Å². The molecule has 2 unspecified atom stereocenters. The summed E-state index contributed by atoms with van der Waals surface area (Å²) in [6, 6.07) is 11.9. The molecular formula is C19H29NO. The first-order chi connectivity index (χ1) is 10.1. The molecule has 1 N–H and O–H groups in total. The van der Waals surface area contributed by atoms with Crippen LogP contribution in [0.2, 0.25) is 0 Å². The zero-order chi connectivity index (χ0) is 14.9. The molecule has 2 heteroatoms. The normalized spacial score (nSPS) is 32.8. The summed E-state index contributed by atoms with van der Waals surface area (Å²) in [4.78, 5) is 2.65. The third-order valence-corrected chi connectivity index (χ3v) is 5.40. The van der Waals surface area contributed by atoms with Crippen molar-refractivity contribution in [2.24, 2.45) is 5.92 Å². The van der Waals surface area contributed by atoms with Gasteiger partial charge in [0.05, 0.1) is 5.60 Å². The zero-order valence-electron chi connectivity index (χ0n) is 13.5. The second-order valence-electron chi connectivity index (χ2n) is 7.61. The molecule has 116 valence electrons. The molecule has 2 nitrogen and oxygen atoms in total. The van der Waals surface area contributed by atoms with Crippen LogP contribution in [0.1, 0.15) is 57.9 Å². The van der Waals surface area contributed by atoms with Gasteiger partial charge in [0.15, 0.2) is 0 Å². The van der Waals surface area contributed by atoms with Crippen molar-refractivity contribution in [2.75, 3.05) is 0 Å². The Kier molecular flexibility index (Phi) is 4.37. The van der Waals surface area contributed by atoms with Gasteiger partial charge in [0.1, 0.15) is 0 Å². The smallest absolute Gasteiger partial charge is 0.0677 e. The molecule has 1 aromatic carbocycles. The van der Waals surface area contributed by atoms with Crippen LogP contribution >= 0.6 is 0 Å². The van der Waals surface area contributed by atoms with Gasteiger partial charge in [0, 0.05) is 18.6 Å². The van der Waals surface area contributed by atoms with Crippen LogP contribution in [-0.2, 0) is 6.54 Å². The Morgan fingerprint density at radius 2 is 1.76 bits per heavy atom. The molecule has 2 bridgehead atoms. The van der Waals surface area contributed by atoms with Gasteiger partial charge < -0.3 is 5.11 Å². The molecule has 0 amide bonds. The van der Waals surface area contributed by atoms with Gasteiger partial charge in [0.2, 0.25) is 0 Å². The van der Waals surface area contributed by atoms with Crippen molar-refractivity contribution < 1.29 is 5.11 Å². The van der Waals surface area contributed by atoms with E-state index in [1.807, 2.05) is 0 Å². The minimum Gasteiger partial charge on any atom is -0.390 e. The molecule has 2 atom stereocenters. The fourth-order valence-corrected chi connectivity index (χ4v) is 4.23. The highest BCUT2D eigenvalue weighted by Gasteiger charge is 2.46. The molecule has 2 fully saturated rings. The second kappa shape index (κ2) is 6.10. The van der Waals surface area contributed by atoms with Crippen LogP contribution in [0.4, 0.5) is 0 Å². The number of hydrogen-bond donors (Lipinski definition) is 1. The van der Waals surface area contributed by atoms with E-state index in [-0.39, 0.29) is 0 Å². The summed E-state index contributed by atoms with van der Waals surface area (Å²) in [7, 11) is 0. The minimum atomic E-state index is -0.400. The van der Waals surface area contributed by atoms with Gasteiger partial charge in [-0.15, -0.1) is 0 Å². The van der Waals surface area contributed by atoms with Crippen LogP contribution in [-0.4, -0.2) is 27.7 Å². The molecule has 1 aromatic rings. The maximum absolute atomic E-state index is 11.0. The van der Waals surface area contributed by atoms with Crippen LogP contribution in [0.3, 0.4) is 0 Å². The summed E-state index contributed by atoms with van der Waals surface area (Å²) in [6.07, 6.45) is 6.61. The highest BCUT2D eigenvalue weighted by atomic mass is 16.3. The molecule has 2 aliphatic heterocycles. The van der Waals surface area contributed by atoms with Crippen LogP contribution in [0, 0.1) is 5.92 Å². The monoisotopic (exact) mass is 287 g/mol. The van der Waals surface area contributed by atoms with Crippen molar-refractivity contribution >= 4 is 0 Å². The first-order valence-electron chi connectivity index (χ1n) is 8.58. The second-order valence-corrected chi connectivity index (χ2v) is 7.61. The third kappa shape index (κ3) is 3.49. The van der Waals surface area contributed by atoms with Crippen molar-refractivity contribution in [3.05, 3.63) is 35.9 Å². The molecule has 21 heavy (non-hydrogen) atoms. The van der Waals surface area contributed by atoms with Crippen LogP contribution < -0.4 is 0 Å². The summed E-state index contributed by atoms with van der Waals surface area (Å²) < 4.78 is 0. The van der Waals surface area contributed by atoms with Gasteiger partial charge >= 0.3 is 0 Å². The Bertz CT molecular complexity index is 442. The number of hydrogen-bond acceptors (Lipinski definition) is 2. The van der Waals surface area contributed by atoms with Crippen molar-refractivity contribution in [1.82, 2.24) is 4.90 Å². The Morgan fingerprint density at radius 3 is 2.33 bits per heavy atom. The number of piperidine rings is 1. The van der Waals surface area contributed by atoms with E-state index in [0.717, 1.165) is 32.2 Å². The predicted molar refractivity (Wildman–Crippen MR) is 87.1 cm³/mol. The number of benzene rings is 1. The molecule has 2 saturated heterocycles. The summed E-state index contributed by atoms with van der Waals surface area (Å²) in [5, 5.41) is 11.0. The maximum Gasteiger partial charge on any atom is 0.0677 e. The number of aliphatic hydroxyl groups is 1. The van der Waals surface area contributed by atoms with E-state index < -0.39 is 5.60 Å². The zero-order valence-corrected chi connectivity index (χ0v) is 13.5. The number of rotatable bonds is 5. The average Bonchev–Trinajstić information content (AvgIpc) is 2.71. The summed E-state index contributed by atoms with van der Waals surface area (Å²) in [5.74, 6) is 0.689. The SMILES string of the molecule is CC(C)CCC1(O)CC2CCC(C1)N2Cc1ccccc1. The van der Waals surface area contributed by atoms with E-state index >= 15 is 0 Å². The molecule has 0 radical (unpaired) electrons. The van der Waals surface area contributed by atoms with E-state index in [9.17, 15) is 5.11 Å². The summed E-state index contributed by atoms with van der Waals surface area (Å²) >= 11 is 0. The van der Waals surface area contributed by atoms with Gasteiger partial charge in [0.25, 0.3) is 0 Å². The Labute approximate surface area is 129 Å². The lowest BCUT2D eigenvalue weighted by atomic mass is 9.81. The molecule has 0 saturated carbocycles. The van der Waals surface area contributed by atoms with E-state index in [0.29, 0.717) is 18.0 Å². The topological polar surface area (TPSA) is 23.5 Å². The van der Waals surface area contributed by atoms with Gasteiger partial charge in [-0.05, 0) is 50.0 Å². The van der Waals surface area contributed by atoms with Gasteiger partial charge in [-0.3, -0.25) is 4.90 Å². The summed E-state index contributed by atoms with van der Waals surface area (Å²) in [6.45, 7) is 5.56. The lowest BCUT2D eigenvalue weighted by Crippen LogP contribution is -2.50. The third-order valence-electron chi connectivity index (χ3n) is 5.40. The lowest BCUT2D eigenvalue weighted by molar-refractivity contribution is -0.0624. The van der Waals surface area contributed by atoms with Crippen molar-refractivity contribution in [3.63, 3.8) is 0 Å². The van der Waals surface area contributed by atoms with Crippen LogP contribution in [0.25, 0.3) is 0 Å². The maximum atomic E-state index is 11.0. The van der Waals surface area contributed by atoms with Crippen LogP contribution in [0.15, 0.2) is 30.3 Å². The Morgan fingerprint density at radius 1 is 1.14 bits per heavy atom. The average molecular weight is 287 g/mol. The van der Waals surface area contributed by atoms with Gasteiger partial charge in [-0.1, -0.05) is 44.2 Å². The molecule has 2 aliphatic rings. The Hall–Kier alpha value is -0.860. The fraction of sp³-hybridized carbons (Fsp3) is 0.684. The van der Waals surface area contributed by atoms with E-state index in [1.54, 1.807) is 0 Å². The lowest BCUT2D eigenvalue weighted by Gasteiger charge is -2.44. The van der Waals surface area contributed by atoms with Crippen LogP contribution in [0.5, 0.6) is 0 Å². The standard InChI is InChI=1S/C19H29NO/c1-15(2)10-11-19(21)12-17-8-9-18(13-19)20(17)14-16-6-4-3-5-7-16/h3-7,15,17-18,21H,8-14H2,1-2H3. The molecular weight excluding hydrogens is 258 g/mol. The Balaban J connectivity index is 1.64. The summed E-state index contributed by atoms with van der Waals surface area (Å²) in [5.41, 5.74) is 1.01. The number of nitrogens with zero attached hydrogens (tertiary/aromatic N) is 1. The highest BCUT2D eigenvalue weighted by Crippen LogP contribution is 2.43. The molecule has 0 aromatic heterocycles. The predicted octanol–water partition coefficient (Wildman–Crippen LogP) is 3.98. The largest absolute Gasteiger partial charge is 0.390 e. The molecule has 2 heterocycles. The molecule has 0 aliphatic carbocycles. The molecule has 0 spiro atoms. The quantitative estimate of drug-likeness (QED) is 0.885. The van der Waals surface area contributed by atoms with Crippen molar-refractivity contribution in [1.29, 1.82) is 0 Å². The minimum absolute atomic E-state index is 0.400. The first kappa shape index (κ1) is 15.1. The molecule has 3 rings (SSSR count). The van der Waals surface area contributed by atoms with Crippen molar-refractivity contribution in [3.8, 4) is 0 Å². The number of fused-ring (bicyclic) bond motifs is 2. The highest BCUT2D eigenvalue weighted by molar-refractivity contribution is 5.16. The van der Waals surface area contributed by atoms with E-state index in [1.165, 1.54) is 18.4 Å².